The van der Waals surface area contributed by atoms with E-state index in [2.05, 4.69) is 10.4 Å². The fourth-order valence-electron chi connectivity index (χ4n) is 1.64. The first kappa shape index (κ1) is 13.2. The number of aromatic nitrogens is 2. The van der Waals surface area contributed by atoms with Crippen molar-refractivity contribution in [2.45, 2.75) is 13.5 Å². The molecule has 6 heteroatoms. The fraction of sp³-hybridized carbons (Fsp3) is 0.231. The Morgan fingerprint density at radius 3 is 2.89 bits per heavy atom. The average Bonchev–Trinajstić information content (AvgIpc) is 2.38. The fourth-order valence-corrected chi connectivity index (χ4v) is 1.64. The van der Waals surface area contributed by atoms with Crippen molar-refractivity contribution in [1.82, 2.24) is 15.1 Å². The van der Waals surface area contributed by atoms with Gasteiger partial charge in [0.25, 0.3) is 5.56 Å². The predicted molar refractivity (Wildman–Crippen MR) is 68.8 cm³/mol. The summed E-state index contributed by atoms with van der Waals surface area (Å²) >= 11 is 0. The highest BCUT2D eigenvalue weighted by Crippen LogP contribution is 2.12. The zero-order valence-electron chi connectivity index (χ0n) is 10.4. The average molecular weight is 263 g/mol. The molecule has 0 amide bonds. The molecule has 0 saturated carbocycles. The van der Waals surface area contributed by atoms with Crippen LogP contribution in [-0.4, -0.2) is 21.4 Å². The molecule has 2 N–H and O–H groups in total. The lowest BCUT2D eigenvalue weighted by molar-refractivity contribution is 0.452. The van der Waals surface area contributed by atoms with E-state index >= 15 is 0 Å². The number of benzene rings is 1. The molecule has 100 valence electrons. The molecule has 0 spiro atoms. The van der Waals surface area contributed by atoms with E-state index in [0.717, 1.165) is 10.7 Å². The molecule has 0 fully saturated rings. The molecule has 0 saturated heterocycles. The van der Waals surface area contributed by atoms with Crippen LogP contribution in [0.4, 0.5) is 4.39 Å². The Morgan fingerprint density at radius 2 is 2.21 bits per heavy atom. The number of halogens is 1. The topological polar surface area (TPSA) is 67.2 Å². The van der Waals surface area contributed by atoms with Crippen molar-refractivity contribution >= 4 is 0 Å². The summed E-state index contributed by atoms with van der Waals surface area (Å²) in [5.74, 6) is -0.619. The Kier molecular flexibility index (Phi) is 3.91. The molecule has 5 nitrogen and oxygen atoms in total. The first-order valence-corrected chi connectivity index (χ1v) is 5.90. The van der Waals surface area contributed by atoms with Crippen molar-refractivity contribution in [1.29, 1.82) is 0 Å². The molecule has 2 rings (SSSR count). The molecule has 0 bridgehead atoms. The molecule has 0 aliphatic carbocycles. The Morgan fingerprint density at radius 1 is 1.42 bits per heavy atom. The summed E-state index contributed by atoms with van der Waals surface area (Å²) < 4.78 is 14.2. The molecule has 19 heavy (non-hydrogen) atoms. The Bertz CT molecular complexity index is 640. The molecular weight excluding hydrogens is 249 g/mol. The van der Waals surface area contributed by atoms with Crippen LogP contribution in [0.1, 0.15) is 12.6 Å². The molecule has 2 aromatic rings. The van der Waals surface area contributed by atoms with Gasteiger partial charge in [-0.05, 0) is 24.7 Å². The van der Waals surface area contributed by atoms with Crippen LogP contribution in [0.5, 0.6) is 5.75 Å². The van der Waals surface area contributed by atoms with Gasteiger partial charge in [0.05, 0.1) is 5.69 Å². The highest BCUT2D eigenvalue weighted by atomic mass is 19.1. The Labute approximate surface area is 109 Å². The van der Waals surface area contributed by atoms with Crippen LogP contribution in [-0.2, 0) is 6.54 Å². The maximum absolute atomic E-state index is 13.2. The summed E-state index contributed by atoms with van der Waals surface area (Å²) in [6.45, 7) is 2.96. The van der Waals surface area contributed by atoms with E-state index in [0.29, 0.717) is 24.5 Å². The third kappa shape index (κ3) is 2.97. The lowest BCUT2D eigenvalue weighted by atomic mass is 10.3. The molecule has 0 atom stereocenters. The summed E-state index contributed by atoms with van der Waals surface area (Å²) in [6.07, 6.45) is 0. The maximum Gasteiger partial charge on any atom is 0.275 e. The van der Waals surface area contributed by atoms with Crippen molar-refractivity contribution in [2.24, 2.45) is 0 Å². The normalized spacial score (nSPS) is 10.6. The summed E-state index contributed by atoms with van der Waals surface area (Å²) in [5.41, 5.74) is 0.150. The highest BCUT2D eigenvalue weighted by molar-refractivity contribution is 5.33. The van der Waals surface area contributed by atoms with Gasteiger partial charge in [0, 0.05) is 12.6 Å². The van der Waals surface area contributed by atoms with Gasteiger partial charge in [-0.1, -0.05) is 13.0 Å². The number of hydrogen-bond acceptors (Lipinski definition) is 4. The molecule has 1 heterocycles. The van der Waals surface area contributed by atoms with Crippen molar-refractivity contribution in [3.63, 3.8) is 0 Å². The molecule has 1 aromatic carbocycles. The number of aromatic hydroxyl groups is 1. The van der Waals surface area contributed by atoms with Gasteiger partial charge in [0.2, 0.25) is 0 Å². The minimum atomic E-state index is -0.511. The van der Waals surface area contributed by atoms with Crippen LogP contribution in [0.15, 0.2) is 35.1 Å². The minimum absolute atomic E-state index is 0.168. The molecular formula is C13H14FN3O2. The van der Waals surface area contributed by atoms with E-state index < -0.39 is 11.4 Å². The standard InChI is InChI=1S/C13H14FN3O2/c1-2-15-8-11-12(18)7-13(19)17(16-11)10-5-3-4-9(14)6-10/h3-7,15,18H,2,8H2,1H3. The van der Waals surface area contributed by atoms with Crippen LogP contribution >= 0.6 is 0 Å². The van der Waals surface area contributed by atoms with Crippen LogP contribution in [0.2, 0.25) is 0 Å². The second-order valence-electron chi connectivity index (χ2n) is 3.99. The number of nitrogens with zero attached hydrogens (tertiary/aromatic N) is 2. The lowest BCUT2D eigenvalue weighted by Crippen LogP contribution is -2.24. The summed E-state index contributed by atoms with van der Waals surface area (Å²) in [4.78, 5) is 11.8. The lowest BCUT2D eigenvalue weighted by Gasteiger charge is -2.09. The van der Waals surface area contributed by atoms with Gasteiger partial charge < -0.3 is 10.4 Å². The van der Waals surface area contributed by atoms with Crippen molar-refractivity contribution < 1.29 is 9.50 Å². The summed E-state index contributed by atoms with van der Waals surface area (Å²) in [6, 6.07) is 6.64. The zero-order chi connectivity index (χ0) is 13.8. The second kappa shape index (κ2) is 5.62. The van der Waals surface area contributed by atoms with E-state index in [4.69, 9.17) is 0 Å². The van der Waals surface area contributed by atoms with E-state index in [1.165, 1.54) is 18.2 Å². The van der Waals surface area contributed by atoms with Crippen molar-refractivity contribution in [2.75, 3.05) is 6.54 Å². The first-order valence-electron chi connectivity index (χ1n) is 5.90. The van der Waals surface area contributed by atoms with Gasteiger partial charge in [-0.2, -0.15) is 9.78 Å². The molecule has 0 unspecified atom stereocenters. The maximum atomic E-state index is 13.2. The van der Waals surface area contributed by atoms with E-state index in [1.54, 1.807) is 6.07 Å². The van der Waals surface area contributed by atoms with Crippen LogP contribution in [0.25, 0.3) is 5.69 Å². The van der Waals surface area contributed by atoms with Gasteiger partial charge in [0.15, 0.2) is 0 Å². The summed E-state index contributed by atoms with van der Waals surface area (Å²) in [5, 5.41) is 16.7. The van der Waals surface area contributed by atoms with Gasteiger partial charge in [-0.3, -0.25) is 4.79 Å². The van der Waals surface area contributed by atoms with Gasteiger partial charge in [-0.25, -0.2) is 4.39 Å². The quantitative estimate of drug-likeness (QED) is 0.869. The zero-order valence-corrected chi connectivity index (χ0v) is 10.4. The van der Waals surface area contributed by atoms with Crippen LogP contribution in [0.3, 0.4) is 0 Å². The van der Waals surface area contributed by atoms with Crippen molar-refractivity contribution in [3.05, 3.63) is 52.2 Å². The van der Waals surface area contributed by atoms with E-state index in [-0.39, 0.29) is 5.75 Å². The third-order valence-electron chi connectivity index (χ3n) is 2.58. The largest absolute Gasteiger partial charge is 0.506 e. The Balaban J connectivity index is 2.48. The second-order valence-corrected chi connectivity index (χ2v) is 3.99. The molecule has 1 aromatic heterocycles. The SMILES string of the molecule is CCNCc1nn(-c2cccc(F)c2)c(=O)cc1O. The van der Waals surface area contributed by atoms with Crippen LogP contribution in [0, 0.1) is 5.82 Å². The number of hydrogen-bond donors (Lipinski definition) is 2. The third-order valence-corrected chi connectivity index (χ3v) is 2.58. The van der Waals surface area contributed by atoms with Gasteiger partial charge in [0.1, 0.15) is 17.3 Å². The number of nitrogens with one attached hydrogen (secondary N) is 1. The Hall–Kier alpha value is -2.21. The first-order chi connectivity index (χ1) is 9.11. The summed E-state index contributed by atoms with van der Waals surface area (Å²) in [7, 11) is 0. The van der Waals surface area contributed by atoms with Gasteiger partial charge in [-0.15, -0.1) is 0 Å². The van der Waals surface area contributed by atoms with Crippen LogP contribution < -0.4 is 10.9 Å². The van der Waals surface area contributed by atoms with E-state index in [9.17, 15) is 14.3 Å². The predicted octanol–water partition coefficient (Wildman–Crippen LogP) is 1.19. The smallest absolute Gasteiger partial charge is 0.275 e. The molecule has 0 aliphatic rings. The minimum Gasteiger partial charge on any atom is -0.506 e. The molecule has 0 radical (unpaired) electrons. The highest BCUT2D eigenvalue weighted by Gasteiger charge is 2.09. The molecule has 0 aliphatic heterocycles. The van der Waals surface area contributed by atoms with E-state index in [1.807, 2.05) is 6.92 Å². The number of rotatable bonds is 4. The van der Waals surface area contributed by atoms with Crippen molar-refractivity contribution in [3.8, 4) is 11.4 Å². The van der Waals surface area contributed by atoms with Gasteiger partial charge >= 0.3 is 0 Å². The monoisotopic (exact) mass is 263 g/mol.